The van der Waals surface area contributed by atoms with Crippen molar-refractivity contribution in [2.45, 2.75) is 0 Å². The molecular formula is C6H14O4S3. The van der Waals surface area contributed by atoms with Gasteiger partial charge in [0.2, 0.25) is 0 Å². The van der Waals surface area contributed by atoms with E-state index in [-0.39, 0.29) is 23.0 Å². The lowest BCUT2D eigenvalue weighted by Gasteiger charge is -2.00. The fourth-order valence-corrected chi connectivity index (χ4v) is 4.70. The fourth-order valence-electron chi connectivity index (χ4n) is 0.591. The van der Waals surface area contributed by atoms with Crippen molar-refractivity contribution in [2.75, 3.05) is 35.5 Å². The van der Waals surface area contributed by atoms with Gasteiger partial charge in [-0.05, 0) is 0 Å². The molecule has 0 aliphatic heterocycles. The average Bonchev–Trinajstić information content (AvgIpc) is 1.98. The normalized spacial score (nSPS) is 16.8. The maximum Gasteiger partial charge on any atom is 0.152 e. The summed E-state index contributed by atoms with van der Waals surface area (Å²) in [6.45, 7) is 0. The summed E-state index contributed by atoms with van der Waals surface area (Å²) < 4.78 is 43.6. The van der Waals surface area contributed by atoms with Crippen LogP contribution in [0.1, 0.15) is 0 Å². The minimum Gasteiger partial charge on any atom is -0.260 e. The number of hydrogen-bond acceptors (Lipinski definition) is 4. The van der Waals surface area contributed by atoms with Crippen LogP contribution in [0.3, 0.4) is 0 Å². The van der Waals surface area contributed by atoms with E-state index in [2.05, 4.69) is 0 Å². The van der Waals surface area contributed by atoms with Gasteiger partial charge in [-0.25, -0.2) is 8.42 Å². The summed E-state index contributed by atoms with van der Waals surface area (Å²) >= 11 is 0. The molecule has 0 saturated carbocycles. The van der Waals surface area contributed by atoms with Gasteiger partial charge in [-0.15, -0.1) is 0 Å². The van der Waals surface area contributed by atoms with Crippen LogP contribution in [0.15, 0.2) is 0 Å². The van der Waals surface area contributed by atoms with Crippen LogP contribution in [0, 0.1) is 0 Å². The van der Waals surface area contributed by atoms with Crippen molar-refractivity contribution in [1.29, 1.82) is 0 Å². The predicted molar refractivity (Wildman–Crippen MR) is 56.5 cm³/mol. The van der Waals surface area contributed by atoms with Crippen LogP contribution in [0.25, 0.3) is 0 Å². The maximum absolute atomic E-state index is 11.2. The highest BCUT2D eigenvalue weighted by Gasteiger charge is 2.11. The van der Waals surface area contributed by atoms with Crippen LogP contribution < -0.4 is 0 Å². The molecule has 7 heteroatoms. The molecule has 0 radical (unpaired) electrons. The summed E-state index contributed by atoms with van der Waals surface area (Å²) in [6.07, 6.45) is 2.93. The van der Waals surface area contributed by atoms with E-state index in [1.165, 1.54) is 12.5 Å². The molecule has 2 atom stereocenters. The van der Waals surface area contributed by atoms with Gasteiger partial charge in [0.1, 0.15) is 0 Å². The largest absolute Gasteiger partial charge is 0.260 e. The van der Waals surface area contributed by atoms with E-state index >= 15 is 0 Å². The van der Waals surface area contributed by atoms with E-state index in [0.29, 0.717) is 0 Å². The maximum atomic E-state index is 11.2. The number of sulfone groups is 1. The predicted octanol–water partition coefficient (Wildman–Crippen LogP) is -0.842. The van der Waals surface area contributed by atoms with Gasteiger partial charge in [0.15, 0.2) is 9.84 Å². The van der Waals surface area contributed by atoms with Crippen molar-refractivity contribution in [3.63, 3.8) is 0 Å². The van der Waals surface area contributed by atoms with E-state index in [0.717, 1.165) is 0 Å². The molecule has 0 aromatic carbocycles. The van der Waals surface area contributed by atoms with Gasteiger partial charge in [0, 0.05) is 45.6 Å². The zero-order valence-electron chi connectivity index (χ0n) is 7.69. The molecule has 13 heavy (non-hydrogen) atoms. The van der Waals surface area contributed by atoms with E-state index in [4.69, 9.17) is 0 Å². The van der Waals surface area contributed by atoms with Crippen LogP contribution in [0.4, 0.5) is 0 Å². The second kappa shape index (κ2) is 5.87. The van der Waals surface area contributed by atoms with Gasteiger partial charge in [0.25, 0.3) is 0 Å². The lowest BCUT2D eigenvalue weighted by Crippen LogP contribution is -2.19. The first-order valence-electron chi connectivity index (χ1n) is 3.64. The second-order valence-electron chi connectivity index (χ2n) is 2.71. The first-order chi connectivity index (χ1) is 5.83. The molecule has 0 aromatic heterocycles. The van der Waals surface area contributed by atoms with Crippen LogP contribution in [0.5, 0.6) is 0 Å². The van der Waals surface area contributed by atoms with Gasteiger partial charge in [-0.1, -0.05) is 0 Å². The standard InChI is InChI=1S/C6H14O4S3/c1-11(7)3-5-13(9,10)6-4-12(2)8/h3-6H2,1-2H3/i3+1,4+1,5+1,6+1. The number of hydrogen-bond donors (Lipinski definition) is 0. The van der Waals surface area contributed by atoms with Gasteiger partial charge in [-0.2, -0.15) is 0 Å². The molecular weight excluding hydrogens is 236 g/mol. The third kappa shape index (κ3) is 8.58. The van der Waals surface area contributed by atoms with Crippen molar-refractivity contribution in [3.8, 4) is 0 Å². The minimum absolute atomic E-state index is 0.0761. The van der Waals surface area contributed by atoms with Crippen molar-refractivity contribution in [3.05, 3.63) is 0 Å². The third-order valence-electron chi connectivity index (χ3n) is 1.36. The molecule has 80 valence electrons. The molecule has 0 fully saturated rings. The molecule has 0 aliphatic rings. The highest BCUT2D eigenvalue weighted by molar-refractivity contribution is 7.94. The molecule has 0 N–H and O–H groups in total. The van der Waals surface area contributed by atoms with Crippen molar-refractivity contribution >= 4 is 31.4 Å². The summed E-state index contributed by atoms with van der Waals surface area (Å²) in [7, 11) is -5.32. The van der Waals surface area contributed by atoms with Crippen LogP contribution in [0.2, 0.25) is 0 Å². The summed E-state index contributed by atoms with van der Waals surface area (Å²) in [5.41, 5.74) is 0. The minimum atomic E-state index is -3.16. The third-order valence-corrected chi connectivity index (χ3v) is 5.09. The lowest BCUT2D eigenvalue weighted by molar-refractivity contribution is 0.598. The molecule has 0 heterocycles. The van der Waals surface area contributed by atoms with Crippen molar-refractivity contribution in [2.24, 2.45) is 0 Å². The summed E-state index contributed by atoms with van der Waals surface area (Å²) in [5.74, 6) is 0.179. The zero-order chi connectivity index (χ0) is 10.5. The molecule has 4 nitrogen and oxygen atoms in total. The van der Waals surface area contributed by atoms with E-state index in [1.54, 1.807) is 0 Å². The lowest BCUT2D eigenvalue weighted by atomic mass is 11.9. The quantitative estimate of drug-likeness (QED) is 0.576. The van der Waals surface area contributed by atoms with E-state index in [9.17, 15) is 16.8 Å². The van der Waals surface area contributed by atoms with Gasteiger partial charge < -0.3 is 0 Å². The van der Waals surface area contributed by atoms with Crippen LogP contribution in [-0.2, 0) is 31.4 Å². The van der Waals surface area contributed by atoms with E-state index < -0.39 is 31.4 Å². The Morgan fingerprint density at radius 2 is 1.23 bits per heavy atom. The topological polar surface area (TPSA) is 68.3 Å². The van der Waals surface area contributed by atoms with Crippen LogP contribution in [-0.4, -0.2) is 52.4 Å². The molecule has 0 saturated heterocycles. The molecule has 0 spiro atoms. The zero-order valence-corrected chi connectivity index (χ0v) is 10.1. The second-order valence-corrected chi connectivity index (χ2v) is 8.12. The Labute approximate surface area is 83.9 Å². The Hall–Kier alpha value is 0.250. The first kappa shape index (κ1) is 13.2. The molecule has 0 bridgehead atoms. The molecule has 0 aliphatic carbocycles. The Morgan fingerprint density at radius 1 is 0.923 bits per heavy atom. The summed E-state index contributed by atoms with van der Waals surface area (Å²) in [4.78, 5) is 0. The molecule has 0 amide bonds. The van der Waals surface area contributed by atoms with E-state index in [1.807, 2.05) is 0 Å². The first-order valence-corrected chi connectivity index (χ1v) is 8.91. The average molecular weight is 250 g/mol. The monoisotopic (exact) mass is 250 g/mol. The fraction of sp³-hybridized carbons (Fsp3) is 1.00. The van der Waals surface area contributed by atoms with Gasteiger partial charge in [0.05, 0.1) is 11.5 Å². The Kier molecular flexibility index (Phi) is 5.98. The smallest absolute Gasteiger partial charge is 0.152 e. The SMILES string of the molecule is CS(=O)[13CH2][13CH2]S(=O)(=O)[13CH2][13CH2]S(C)=O. The number of rotatable bonds is 6. The highest BCUT2D eigenvalue weighted by atomic mass is 32.2. The molecule has 2 unspecified atom stereocenters. The molecule has 0 rings (SSSR count). The highest BCUT2D eigenvalue weighted by Crippen LogP contribution is 1.92. The Bertz CT molecular complexity index is 269. The Morgan fingerprint density at radius 3 is 1.46 bits per heavy atom. The van der Waals surface area contributed by atoms with Gasteiger partial charge >= 0.3 is 0 Å². The van der Waals surface area contributed by atoms with Crippen molar-refractivity contribution < 1.29 is 16.8 Å². The Balaban J connectivity index is 3.95. The van der Waals surface area contributed by atoms with Gasteiger partial charge in [-0.3, -0.25) is 8.42 Å². The van der Waals surface area contributed by atoms with Crippen molar-refractivity contribution in [1.82, 2.24) is 0 Å². The molecule has 0 aromatic rings. The summed E-state index contributed by atoms with van der Waals surface area (Å²) in [5, 5.41) is 0. The van der Waals surface area contributed by atoms with Crippen LogP contribution >= 0.6 is 0 Å². The summed E-state index contributed by atoms with van der Waals surface area (Å²) in [6, 6.07) is 0.